The Hall–Kier alpha value is -2.21. The van der Waals surface area contributed by atoms with E-state index in [1.54, 1.807) is 11.3 Å². The topological polar surface area (TPSA) is 59.2 Å². The van der Waals surface area contributed by atoms with Crippen molar-refractivity contribution in [2.24, 2.45) is 5.92 Å². The van der Waals surface area contributed by atoms with E-state index in [-0.39, 0.29) is 5.91 Å². The molecule has 3 aromatic heterocycles. The Balaban J connectivity index is 1.80. The lowest BCUT2D eigenvalue weighted by molar-refractivity contribution is 0.0699. The number of carbonyl (C=O) groups excluding carboxylic acids is 1. The lowest BCUT2D eigenvalue weighted by atomic mass is 9.98. The average Bonchev–Trinajstić information content (AvgIpc) is 3.24. The molecule has 1 aliphatic rings. The third kappa shape index (κ3) is 2.60. The van der Waals surface area contributed by atoms with Gasteiger partial charge in [0.2, 0.25) is 0 Å². The minimum Gasteiger partial charge on any atom is -0.339 e. The summed E-state index contributed by atoms with van der Waals surface area (Å²) in [6, 6.07) is 5.86. The van der Waals surface area contributed by atoms with E-state index in [4.69, 9.17) is 4.52 Å². The van der Waals surface area contributed by atoms with Crippen LogP contribution in [0.25, 0.3) is 21.7 Å². The number of carbonyl (C=O) groups is 1. The average molecular weight is 341 g/mol. The number of nitrogens with zero attached hydrogens (tertiary/aromatic N) is 3. The maximum atomic E-state index is 13.1. The second-order valence-corrected chi connectivity index (χ2v) is 7.40. The molecule has 0 unspecified atom stereocenters. The summed E-state index contributed by atoms with van der Waals surface area (Å²) in [5.74, 6) is 0.740. The molecular formula is C18H19N3O2S. The molecule has 24 heavy (non-hydrogen) atoms. The van der Waals surface area contributed by atoms with E-state index in [1.807, 2.05) is 35.4 Å². The molecule has 3 aromatic rings. The van der Waals surface area contributed by atoms with E-state index in [9.17, 15) is 4.79 Å². The van der Waals surface area contributed by atoms with Crippen LogP contribution in [0.2, 0.25) is 0 Å². The van der Waals surface area contributed by atoms with Crippen molar-refractivity contribution in [1.29, 1.82) is 0 Å². The smallest absolute Gasteiger partial charge is 0.259 e. The van der Waals surface area contributed by atoms with Gasteiger partial charge in [0, 0.05) is 13.1 Å². The number of amides is 1. The zero-order valence-corrected chi connectivity index (χ0v) is 14.6. The molecule has 1 fully saturated rings. The zero-order valence-electron chi connectivity index (χ0n) is 13.8. The second kappa shape index (κ2) is 6.02. The minimum absolute atomic E-state index is 0.0541. The van der Waals surface area contributed by atoms with Crippen LogP contribution < -0.4 is 0 Å². The summed E-state index contributed by atoms with van der Waals surface area (Å²) < 4.78 is 5.36. The number of likely N-dealkylation sites (tertiary alicyclic amines) is 1. The van der Waals surface area contributed by atoms with Gasteiger partial charge in [0.15, 0.2) is 0 Å². The molecule has 0 aromatic carbocycles. The highest BCUT2D eigenvalue weighted by Crippen LogP contribution is 2.30. The molecule has 1 amide bonds. The van der Waals surface area contributed by atoms with Gasteiger partial charge in [0.05, 0.1) is 27.2 Å². The molecule has 1 saturated heterocycles. The molecule has 0 saturated carbocycles. The Bertz CT molecular complexity index is 877. The van der Waals surface area contributed by atoms with Gasteiger partial charge >= 0.3 is 0 Å². The molecule has 1 aliphatic heterocycles. The largest absolute Gasteiger partial charge is 0.339 e. The predicted molar refractivity (Wildman–Crippen MR) is 94.2 cm³/mol. The first kappa shape index (κ1) is 15.3. The minimum atomic E-state index is 0.0541. The van der Waals surface area contributed by atoms with Gasteiger partial charge in [-0.05, 0) is 43.2 Å². The molecule has 0 atom stereocenters. The third-order valence-corrected chi connectivity index (χ3v) is 5.58. The molecule has 0 radical (unpaired) electrons. The molecule has 6 heteroatoms. The van der Waals surface area contributed by atoms with E-state index in [0.29, 0.717) is 22.9 Å². The van der Waals surface area contributed by atoms with E-state index < -0.39 is 0 Å². The Morgan fingerprint density at radius 2 is 2.17 bits per heavy atom. The molecule has 5 nitrogen and oxygen atoms in total. The van der Waals surface area contributed by atoms with Gasteiger partial charge in [-0.25, -0.2) is 4.98 Å². The number of thiophene rings is 1. The number of piperidine rings is 1. The fourth-order valence-electron chi connectivity index (χ4n) is 3.20. The van der Waals surface area contributed by atoms with Gasteiger partial charge in [-0.2, -0.15) is 0 Å². The number of fused-ring (bicyclic) bond motifs is 1. The number of hydrogen-bond donors (Lipinski definition) is 0. The Kier molecular flexibility index (Phi) is 3.84. The number of rotatable bonds is 2. The van der Waals surface area contributed by atoms with Crippen LogP contribution in [0.3, 0.4) is 0 Å². The summed E-state index contributed by atoms with van der Waals surface area (Å²) >= 11 is 1.60. The van der Waals surface area contributed by atoms with Crippen molar-refractivity contribution in [3.05, 3.63) is 34.8 Å². The van der Waals surface area contributed by atoms with Crippen molar-refractivity contribution in [3.63, 3.8) is 0 Å². The van der Waals surface area contributed by atoms with Crippen molar-refractivity contribution in [3.8, 4) is 10.6 Å². The third-order valence-electron chi connectivity index (χ3n) is 4.69. The summed E-state index contributed by atoms with van der Waals surface area (Å²) in [6.07, 6.45) is 2.11. The van der Waals surface area contributed by atoms with Crippen LogP contribution in [-0.2, 0) is 0 Å². The van der Waals surface area contributed by atoms with E-state index >= 15 is 0 Å². The quantitative estimate of drug-likeness (QED) is 0.703. The summed E-state index contributed by atoms with van der Waals surface area (Å²) in [5, 5.41) is 6.75. The molecule has 4 heterocycles. The molecule has 0 spiro atoms. The Morgan fingerprint density at radius 1 is 1.38 bits per heavy atom. The highest BCUT2D eigenvalue weighted by molar-refractivity contribution is 7.13. The second-order valence-electron chi connectivity index (χ2n) is 6.46. The van der Waals surface area contributed by atoms with Gasteiger partial charge in [-0.15, -0.1) is 11.3 Å². The van der Waals surface area contributed by atoms with Crippen molar-refractivity contribution in [2.45, 2.75) is 26.7 Å². The van der Waals surface area contributed by atoms with E-state index in [0.717, 1.165) is 41.9 Å². The van der Waals surface area contributed by atoms with Crippen molar-refractivity contribution in [2.75, 3.05) is 13.1 Å². The molecule has 0 aliphatic carbocycles. The van der Waals surface area contributed by atoms with Crippen LogP contribution in [0.15, 0.2) is 28.1 Å². The van der Waals surface area contributed by atoms with Gasteiger partial charge in [-0.1, -0.05) is 18.1 Å². The number of hydrogen-bond acceptors (Lipinski definition) is 5. The van der Waals surface area contributed by atoms with Gasteiger partial charge in [-0.3, -0.25) is 4.79 Å². The van der Waals surface area contributed by atoms with Crippen molar-refractivity contribution < 1.29 is 9.32 Å². The van der Waals surface area contributed by atoms with E-state index in [1.165, 1.54) is 0 Å². The predicted octanol–water partition coefficient (Wildman–Crippen LogP) is 4.13. The fourth-order valence-corrected chi connectivity index (χ4v) is 3.88. The number of pyridine rings is 1. The SMILES string of the molecule is Cc1noc2nc(-c3cccs3)cc(C(=O)N3CCC(C)CC3)c12. The van der Waals surface area contributed by atoms with Crippen LogP contribution in [0.1, 0.15) is 35.8 Å². The van der Waals surface area contributed by atoms with Gasteiger partial charge in [0.1, 0.15) is 0 Å². The van der Waals surface area contributed by atoms with Crippen LogP contribution in [0.5, 0.6) is 0 Å². The molecule has 4 rings (SSSR count). The maximum absolute atomic E-state index is 13.1. The number of aromatic nitrogens is 2. The normalized spacial score (nSPS) is 16.0. The van der Waals surface area contributed by atoms with Gasteiger partial charge in [0.25, 0.3) is 11.6 Å². The lowest BCUT2D eigenvalue weighted by Crippen LogP contribution is -2.38. The first-order chi connectivity index (χ1) is 11.6. The summed E-state index contributed by atoms with van der Waals surface area (Å²) in [5.41, 5.74) is 2.56. The van der Waals surface area contributed by atoms with E-state index in [2.05, 4.69) is 17.1 Å². The Labute approximate surface area is 144 Å². The molecular weight excluding hydrogens is 322 g/mol. The standard InChI is InChI=1S/C18H19N3O2S/c1-11-5-7-21(8-6-11)18(22)13-10-14(15-4-3-9-24-15)19-17-16(13)12(2)20-23-17/h3-4,9-11H,5-8H2,1-2H3. The maximum Gasteiger partial charge on any atom is 0.259 e. The fraction of sp³-hybridized carbons (Fsp3) is 0.389. The lowest BCUT2D eigenvalue weighted by Gasteiger charge is -2.30. The van der Waals surface area contributed by atoms with Crippen LogP contribution in [-0.4, -0.2) is 34.0 Å². The summed E-state index contributed by atoms with van der Waals surface area (Å²) in [4.78, 5) is 20.6. The summed E-state index contributed by atoms with van der Waals surface area (Å²) in [6.45, 7) is 5.71. The van der Waals surface area contributed by atoms with Crippen molar-refractivity contribution in [1.82, 2.24) is 15.0 Å². The highest BCUT2D eigenvalue weighted by Gasteiger charge is 2.26. The monoisotopic (exact) mass is 341 g/mol. The first-order valence-electron chi connectivity index (χ1n) is 8.23. The van der Waals surface area contributed by atoms with Gasteiger partial charge < -0.3 is 9.42 Å². The van der Waals surface area contributed by atoms with Crippen molar-refractivity contribution >= 4 is 28.3 Å². The highest BCUT2D eigenvalue weighted by atomic mass is 32.1. The summed E-state index contributed by atoms with van der Waals surface area (Å²) in [7, 11) is 0. The first-order valence-corrected chi connectivity index (χ1v) is 9.11. The molecule has 0 N–H and O–H groups in total. The molecule has 124 valence electrons. The van der Waals surface area contributed by atoms with Crippen LogP contribution in [0.4, 0.5) is 0 Å². The van der Waals surface area contributed by atoms with Crippen LogP contribution in [0, 0.1) is 12.8 Å². The Morgan fingerprint density at radius 3 is 2.88 bits per heavy atom. The zero-order chi connectivity index (χ0) is 16.7. The molecule has 0 bridgehead atoms. The number of aryl methyl sites for hydroxylation is 1. The van der Waals surface area contributed by atoms with Crippen LogP contribution >= 0.6 is 11.3 Å².